The second kappa shape index (κ2) is 7.52. The maximum absolute atomic E-state index is 12.3. The van der Waals surface area contributed by atoms with E-state index in [0.717, 1.165) is 10.0 Å². The molecule has 2 aromatic carbocycles. The van der Waals surface area contributed by atoms with Gasteiger partial charge in [-0.2, -0.15) is 8.78 Å². The van der Waals surface area contributed by atoms with E-state index in [9.17, 15) is 8.78 Å². The highest BCUT2D eigenvalue weighted by molar-refractivity contribution is 9.10. The summed E-state index contributed by atoms with van der Waals surface area (Å²) in [6, 6.07) is 12.9. The van der Waals surface area contributed by atoms with Gasteiger partial charge < -0.3 is 10.1 Å². The molecule has 0 amide bonds. The molecule has 0 unspecified atom stereocenters. The first-order chi connectivity index (χ1) is 10.1. The lowest BCUT2D eigenvalue weighted by atomic mass is 10.1. The SMILES string of the molecule is Cc1ccc(CNCc2ccccc2OC(F)F)cc1Br. The van der Waals surface area contributed by atoms with Gasteiger partial charge in [-0.25, -0.2) is 0 Å². The first-order valence-electron chi connectivity index (χ1n) is 6.54. The average molecular weight is 356 g/mol. The Labute approximate surface area is 131 Å². The van der Waals surface area contributed by atoms with E-state index in [1.165, 1.54) is 5.56 Å². The fourth-order valence-corrected chi connectivity index (χ4v) is 2.37. The summed E-state index contributed by atoms with van der Waals surface area (Å²) in [4.78, 5) is 0. The molecule has 0 aliphatic heterocycles. The predicted molar refractivity (Wildman–Crippen MR) is 82.5 cm³/mol. The topological polar surface area (TPSA) is 21.3 Å². The number of hydrogen-bond acceptors (Lipinski definition) is 2. The number of aryl methyl sites for hydroxylation is 1. The lowest BCUT2D eigenvalue weighted by molar-refractivity contribution is -0.0505. The van der Waals surface area contributed by atoms with Gasteiger partial charge in [0.2, 0.25) is 0 Å². The monoisotopic (exact) mass is 355 g/mol. The van der Waals surface area contributed by atoms with Crippen LogP contribution in [0.2, 0.25) is 0 Å². The normalized spacial score (nSPS) is 10.9. The van der Waals surface area contributed by atoms with Gasteiger partial charge in [0, 0.05) is 23.1 Å². The van der Waals surface area contributed by atoms with Crippen LogP contribution in [0.15, 0.2) is 46.9 Å². The molecule has 5 heteroatoms. The molecule has 112 valence electrons. The van der Waals surface area contributed by atoms with Crippen LogP contribution < -0.4 is 10.1 Å². The minimum absolute atomic E-state index is 0.213. The van der Waals surface area contributed by atoms with Crippen molar-refractivity contribution in [3.05, 3.63) is 63.6 Å². The first-order valence-corrected chi connectivity index (χ1v) is 7.34. The Morgan fingerprint density at radius 3 is 2.62 bits per heavy atom. The summed E-state index contributed by atoms with van der Waals surface area (Å²) in [5, 5.41) is 3.23. The third-order valence-electron chi connectivity index (χ3n) is 3.07. The molecule has 2 aromatic rings. The van der Waals surface area contributed by atoms with Gasteiger partial charge in [0.25, 0.3) is 0 Å². The van der Waals surface area contributed by atoms with Crippen LogP contribution in [0.1, 0.15) is 16.7 Å². The smallest absolute Gasteiger partial charge is 0.387 e. The molecule has 0 fully saturated rings. The molecule has 0 spiro atoms. The summed E-state index contributed by atoms with van der Waals surface area (Å²) in [5.74, 6) is 0.213. The van der Waals surface area contributed by atoms with Crippen molar-refractivity contribution in [3.8, 4) is 5.75 Å². The van der Waals surface area contributed by atoms with Crippen molar-refractivity contribution >= 4 is 15.9 Å². The second-order valence-corrected chi connectivity index (χ2v) is 5.53. The third-order valence-corrected chi connectivity index (χ3v) is 3.92. The molecule has 0 heterocycles. The van der Waals surface area contributed by atoms with E-state index in [1.54, 1.807) is 24.3 Å². The van der Waals surface area contributed by atoms with E-state index < -0.39 is 6.61 Å². The molecule has 2 nitrogen and oxygen atoms in total. The van der Waals surface area contributed by atoms with E-state index >= 15 is 0 Å². The van der Waals surface area contributed by atoms with Gasteiger partial charge in [0.15, 0.2) is 0 Å². The summed E-state index contributed by atoms with van der Waals surface area (Å²) in [5.41, 5.74) is 3.01. The quantitative estimate of drug-likeness (QED) is 0.814. The summed E-state index contributed by atoms with van der Waals surface area (Å²) in [6.07, 6.45) is 0. The van der Waals surface area contributed by atoms with Crippen molar-refractivity contribution in [1.29, 1.82) is 0 Å². The molecular weight excluding hydrogens is 340 g/mol. The fourth-order valence-electron chi connectivity index (χ4n) is 1.95. The van der Waals surface area contributed by atoms with Crippen LogP contribution in [0.3, 0.4) is 0 Å². The number of ether oxygens (including phenoxy) is 1. The van der Waals surface area contributed by atoms with Crippen LogP contribution >= 0.6 is 15.9 Å². The zero-order chi connectivity index (χ0) is 15.2. The van der Waals surface area contributed by atoms with Gasteiger partial charge in [0.1, 0.15) is 5.75 Å². The Morgan fingerprint density at radius 2 is 1.90 bits per heavy atom. The molecule has 0 saturated heterocycles. The maximum Gasteiger partial charge on any atom is 0.387 e. The Morgan fingerprint density at radius 1 is 1.14 bits per heavy atom. The van der Waals surface area contributed by atoms with E-state index in [2.05, 4.69) is 26.0 Å². The second-order valence-electron chi connectivity index (χ2n) is 4.67. The molecule has 0 saturated carbocycles. The predicted octanol–water partition coefficient (Wildman–Crippen LogP) is 4.65. The van der Waals surface area contributed by atoms with E-state index in [1.807, 2.05) is 25.1 Å². The summed E-state index contributed by atoms with van der Waals surface area (Å²) in [6.45, 7) is 0.342. The van der Waals surface area contributed by atoms with Crippen LogP contribution in [-0.4, -0.2) is 6.61 Å². The Kier molecular flexibility index (Phi) is 5.70. The van der Waals surface area contributed by atoms with Crippen molar-refractivity contribution in [3.63, 3.8) is 0 Å². The number of nitrogens with one attached hydrogen (secondary N) is 1. The minimum Gasteiger partial charge on any atom is -0.434 e. The van der Waals surface area contributed by atoms with Crippen LogP contribution in [0.5, 0.6) is 5.75 Å². The van der Waals surface area contributed by atoms with E-state index in [-0.39, 0.29) is 5.75 Å². The van der Waals surface area contributed by atoms with Gasteiger partial charge in [-0.15, -0.1) is 0 Å². The molecule has 2 rings (SSSR count). The minimum atomic E-state index is -2.81. The molecule has 0 aromatic heterocycles. The molecular formula is C16H16BrF2NO. The Bertz CT molecular complexity index is 605. The maximum atomic E-state index is 12.3. The van der Waals surface area contributed by atoms with Crippen LogP contribution in [-0.2, 0) is 13.1 Å². The van der Waals surface area contributed by atoms with Gasteiger partial charge >= 0.3 is 6.61 Å². The average Bonchev–Trinajstić information content (AvgIpc) is 2.44. The number of alkyl halides is 2. The third kappa shape index (κ3) is 4.79. The Balaban J connectivity index is 1.95. The molecule has 0 radical (unpaired) electrons. The van der Waals surface area contributed by atoms with Gasteiger partial charge in [-0.05, 0) is 30.2 Å². The number of benzene rings is 2. The summed E-state index contributed by atoms with van der Waals surface area (Å²) in [7, 11) is 0. The van der Waals surface area contributed by atoms with Crippen LogP contribution in [0, 0.1) is 6.92 Å². The van der Waals surface area contributed by atoms with Crippen molar-refractivity contribution in [1.82, 2.24) is 5.32 Å². The lowest BCUT2D eigenvalue weighted by Crippen LogP contribution is -2.14. The summed E-state index contributed by atoms with van der Waals surface area (Å²) < 4.78 is 30.2. The fraction of sp³-hybridized carbons (Fsp3) is 0.250. The lowest BCUT2D eigenvalue weighted by Gasteiger charge is -2.11. The van der Waals surface area contributed by atoms with Crippen molar-refractivity contribution in [2.45, 2.75) is 26.6 Å². The van der Waals surface area contributed by atoms with Crippen molar-refractivity contribution < 1.29 is 13.5 Å². The van der Waals surface area contributed by atoms with Gasteiger partial charge in [-0.3, -0.25) is 0 Å². The first kappa shape index (κ1) is 15.9. The molecule has 0 aliphatic carbocycles. The Hall–Kier alpha value is -1.46. The van der Waals surface area contributed by atoms with Crippen LogP contribution in [0.25, 0.3) is 0 Å². The number of halogens is 3. The standard InChI is InChI=1S/C16H16BrF2NO/c1-11-6-7-12(8-14(11)17)9-20-10-13-4-2-3-5-15(13)21-16(18)19/h2-8,16,20H,9-10H2,1H3. The van der Waals surface area contributed by atoms with E-state index in [4.69, 9.17) is 0 Å². The van der Waals surface area contributed by atoms with Crippen molar-refractivity contribution in [2.24, 2.45) is 0 Å². The highest BCUT2D eigenvalue weighted by atomic mass is 79.9. The van der Waals surface area contributed by atoms with Crippen LogP contribution in [0.4, 0.5) is 8.78 Å². The van der Waals surface area contributed by atoms with Crippen molar-refractivity contribution in [2.75, 3.05) is 0 Å². The number of para-hydroxylation sites is 1. The van der Waals surface area contributed by atoms with E-state index in [0.29, 0.717) is 18.7 Å². The van der Waals surface area contributed by atoms with Gasteiger partial charge in [0.05, 0.1) is 0 Å². The highest BCUT2D eigenvalue weighted by Crippen LogP contribution is 2.21. The molecule has 0 atom stereocenters. The zero-order valence-electron chi connectivity index (χ0n) is 11.6. The molecule has 0 bridgehead atoms. The van der Waals surface area contributed by atoms with Gasteiger partial charge in [-0.1, -0.05) is 46.3 Å². The largest absolute Gasteiger partial charge is 0.434 e. The zero-order valence-corrected chi connectivity index (χ0v) is 13.2. The number of hydrogen-bond donors (Lipinski definition) is 1. The summed E-state index contributed by atoms with van der Waals surface area (Å²) >= 11 is 3.49. The molecule has 0 aliphatic rings. The number of rotatable bonds is 6. The highest BCUT2D eigenvalue weighted by Gasteiger charge is 2.08. The molecule has 1 N–H and O–H groups in total. The molecule has 21 heavy (non-hydrogen) atoms.